The third-order valence-electron chi connectivity index (χ3n) is 3.88. The minimum absolute atomic E-state index is 0.0977. The molecule has 5 heteroatoms. The molecule has 1 aromatic heterocycles. The number of nitriles is 1. The molecule has 5 nitrogen and oxygen atoms in total. The van der Waals surface area contributed by atoms with Crippen LogP contribution in [0, 0.1) is 25.2 Å². The second-order valence-corrected chi connectivity index (χ2v) is 5.48. The van der Waals surface area contributed by atoms with Crippen molar-refractivity contribution in [3.8, 4) is 6.07 Å². The number of hydrogen-bond acceptors (Lipinski definition) is 4. The Labute approximate surface area is 129 Å². The van der Waals surface area contributed by atoms with Gasteiger partial charge in [-0.1, -0.05) is 0 Å². The maximum atomic E-state index is 11.7. The van der Waals surface area contributed by atoms with Gasteiger partial charge in [-0.15, -0.1) is 0 Å². The molecule has 1 N–H and O–H groups in total. The van der Waals surface area contributed by atoms with Crippen LogP contribution in [-0.2, 0) is 11.2 Å². The van der Waals surface area contributed by atoms with E-state index in [0.717, 1.165) is 28.3 Å². The van der Waals surface area contributed by atoms with Crippen LogP contribution in [0.25, 0.3) is 0 Å². The number of aromatic nitrogens is 1. The third kappa shape index (κ3) is 2.29. The van der Waals surface area contributed by atoms with Crippen LogP contribution in [0.1, 0.15) is 22.5 Å². The Morgan fingerprint density at radius 1 is 1.32 bits per heavy atom. The van der Waals surface area contributed by atoms with Crippen LogP contribution in [0.5, 0.6) is 0 Å². The van der Waals surface area contributed by atoms with Gasteiger partial charge in [0.25, 0.3) is 0 Å². The first-order chi connectivity index (χ1) is 10.5. The van der Waals surface area contributed by atoms with Crippen molar-refractivity contribution in [3.05, 3.63) is 46.8 Å². The topological polar surface area (TPSA) is 69.0 Å². The number of nitrogens with one attached hydrogen (secondary N) is 1. The van der Waals surface area contributed by atoms with Gasteiger partial charge >= 0.3 is 0 Å². The van der Waals surface area contributed by atoms with Crippen LogP contribution in [-0.4, -0.2) is 17.9 Å². The quantitative estimate of drug-likeness (QED) is 0.924. The lowest BCUT2D eigenvalue weighted by atomic mass is 10.1. The van der Waals surface area contributed by atoms with Gasteiger partial charge in [0.05, 0.1) is 23.4 Å². The van der Waals surface area contributed by atoms with E-state index in [1.165, 1.54) is 0 Å². The third-order valence-corrected chi connectivity index (χ3v) is 3.88. The molecule has 1 amide bonds. The molecule has 0 aliphatic carbocycles. The van der Waals surface area contributed by atoms with Crippen molar-refractivity contribution in [2.24, 2.45) is 0 Å². The fourth-order valence-electron chi connectivity index (χ4n) is 2.77. The average Bonchev–Trinajstić information content (AvgIpc) is 2.73. The molecule has 0 saturated heterocycles. The van der Waals surface area contributed by atoms with E-state index in [1.807, 2.05) is 38.1 Å². The number of amides is 1. The van der Waals surface area contributed by atoms with Gasteiger partial charge in [-0.05, 0) is 43.7 Å². The molecule has 0 fully saturated rings. The molecular formula is C17H16N4O. The SMILES string of the molecule is Cc1cc(Nc2ccc3c(c2)CC(=O)N3C)c(C#N)c(C)n1. The molecule has 0 unspecified atom stereocenters. The van der Waals surface area contributed by atoms with Crippen molar-refractivity contribution >= 4 is 23.0 Å². The van der Waals surface area contributed by atoms with E-state index in [9.17, 15) is 10.1 Å². The first kappa shape index (κ1) is 14.1. The molecule has 1 aliphatic rings. The van der Waals surface area contributed by atoms with Gasteiger partial charge < -0.3 is 10.2 Å². The summed E-state index contributed by atoms with van der Waals surface area (Å²) in [6, 6.07) is 9.85. The summed E-state index contributed by atoms with van der Waals surface area (Å²) >= 11 is 0. The Hall–Kier alpha value is -2.87. The zero-order valence-corrected chi connectivity index (χ0v) is 12.8. The highest BCUT2D eigenvalue weighted by atomic mass is 16.2. The predicted molar refractivity (Wildman–Crippen MR) is 85.3 cm³/mol. The fraction of sp³-hybridized carbons (Fsp3) is 0.235. The number of aryl methyl sites for hydroxylation is 2. The van der Waals surface area contributed by atoms with E-state index in [-0.39, 0.29) is 5.91 Å². The van der Waals surface area contributed by atoms with Gasteiger partial charge in [-0.3, -0.25) is 9.78 Å². The summed E-state index contributed by atoms with van der Waals surface area (Å²) in [6.45, 7) is 3.72. The lowest BCUT2D eigenvalue weighted by molar-refractivity contribution is -0.117. The lowest BCUT2D eigenvalue weighted by Gasteiger charge is -2.13. The van der Waals surface area contributed by atoms with Crippen molar-refractivity contribution < 1.29 is 4.79 Å². The van der Waals surface area contributed by atoms with Crippen LogP contribution in [0.3, 0.4) is 0 Å². The van der Waals surface area contributed by atoms with E-state index in [0.29, 0.717) is 17.7 Å². The molecule has 0 atom stereocenters. The molecule has 22 heavy (non-hydrogen) atoms. The van der Waals surface area contributed by atoms with E-state index in [4.69, 9.17) is 0 Å². The maximum Gasteiger partial charge on any atom is 0.231 e. The summed E-state index contributed by atoms with van der Waals surface area (Å²) in [7, 11) is 1.78. The largest absolute Gasteiger partial charge is 0.354 e. The molecule has 0 bridgehead atoms. The molecule has 2 aromatic rings. The van der Waals surface area contributed by atoms with Gasteiger partial charge in [-0.2, -0.15) is 5.26 Å². The lowest BCUT2D eigenvalue weighted by Crippen LogP contribution is -2.20. The molecule has 0 saturated carbocycles. The summed E-state index contributed by atoms with van der Waals surface area (Å²) in [5.41, 5.74) is 5.65. The fourth-order valence-corrected chi connectivity index (χ4v) is 2.77. The monoisotopic (exact) mass is 292 g/mol. The number of likely N-dealkylation sites (N-methyl/N-ethyl adjacent to an activating group) is 1. The Kier molecular flexibility index (Phi) is 3.30. The van der Waals surface area contributed by atoms with Crippen LogP contribution >= 0.6 is 0 Å². The number of hydrogen-bond donors (Lipinski definition) is 1. The van der Waals surface area contributed by atoms with Gasteiger partial charge in [0.2, 0.25) is 5.91 Å². The number of benzene rings is 1. The van der Waals surface area contributed by atoms with Crippen LogP contribution in [0.4, 0.5) is 17.1 Å². The Bertz CT molecular complexity index is 820. The van der Waals surface area contributed by atoms with Crippen molar-refractivity contribution in [1.29, 1.82) is 5.26 Å². The van der Waals surface area contributed by atoms with Crippen LogP contribution in [0.15, 0.2) is 24.3 Å². The summed E-state index contributed by atoms with van der Waals surface area (Å²) in [5, 5.41) is 12.6. The molecular weight excluding hydrogens is 276 g/mol. The average molecular weight is 292 g/mol. The maximum absolute atomic E-state index is 11.7. The standard InChI is InChI=1S/C17H16N4O/c1-10-6-15(14(9-18)11(2)19-10)20-13-4-5-16-12(7-13)8-17(22)21(16)3/h4-7H,8H2,1-3H3,(H,19,20). The van der Waals surface area contributed by atoms with Crippen molar-refractivity contribution in [1.82, 2.24) is 4.98 Å². The Morgan fingerprint density at radius 2 is 2.09 bits per heavy atom. The number of nitrogens with zero attached hydrogens (tertiary/aromatic N) is 3. The Balaban J connectivity index is 1.98. The van der Waals surface area contributed by atoms with E-state index in [1.54, 1.807) is 11.9 Å². The van der Waals surface area contributed by atoms with Gasteiger partial charge in [0.15, 0.2) is 0 Å². The second kappa shape index (κ2) is 5.15. The number of carbonyl (C=O) groups excluding carboxylic acids is 1. The highest BCUT2D eigenvalue weighted by Crippen LogP contribution is 2.32. The van der Waals surface area contributed by atoms with Crippen LogP contribution in [0.2, 0.25) is 0 Å². The smallest absolute Gasteiger partial charge is 0.231 e. The second-order valence-electron chi connectivity index (χ2n) is 5.48. The molecule has 0 spiro atoms. The van der Waals surface area contributed by atoms with E-state index < -0.39 is 0 Å². The van der Waals surface area contributed by atoms with Crippen molar-refractivity contribution in [2.75, 3.05) is 17.3 Å². The summed E-state index contributed by atoms with van der Waals surface area (Å²) in [5.74, 6) is 0.0977. The van der Waals surface area contributed by atoms with E-state index in [2.05, 4.69) is 16.4 Å². The summed E-state index contributed by atoms with van der Waals surface area (Å²) in [6.07, 6.45) is 0.418. The van der Waals surface area contributed by atoms with Crippen LogP contribution < -0.4 is 10.2 Å². The molecule has 2 heterocycles. The first-order valence-corrected chi connectivity index (χ1v) is 7.04. The molecule has 110 valence electrons. The molecule has 1 aromatic carbocycles. The number of fused-ring (bicyclic) bond motifs is 1. The zero-order valence-electron chi connectivity index (χ0n) is 12.8. The van der Waals surface area contributed by atoms with Gasteiger partial charge in [-0.25, -0.2) is 0 Å². The number of carbonyl (C=O) groups is 1. The van der Waals surface area contributed by atoms with Crippen molar-refractivity contribution in [3.63, 3.8) is 0 Å². The number of anilines is 3. The zero-order chi connectivity index (χ0) is 15.9. The van der Waals surface area contributed by atoms with Gasteiger partial charge in [0, 0.05) is 24.1 Å². The number of pyridine rings is 1. The highest BCUT2D eigenvalue weighted by molar-refractivity contribution is 6.01. The molecule has 0 radical (unpaired) electrons. The normalized spacial score (nSPS) is 13.0. The highest BCUT2D eigenvalue weighted by Gasteiger charge is 2.24. The summed E-state index contributed by atoms with van der Waals surface area (Å²) < 4.78 is 0. The predicted octanol–water partition coefficient (Wildman–Crippen LogP) is 2.83. The molecule has 3 rings (SSSR count). The number of rotatable bonds is 2. The van der Waals surface area contributed by atoms with Gasteiger partial charge in [0.1, 0.15) is 6.07 Å². The molecule has 1 aliphatic heterocycles. The minimum Gasteiger partial charge on any atom is -0.354 e. The minimum atomic E-state index is 0.0977. The first-order valence-electron chi connectivity index (χ1n) is 7.04. The van der Waals surface area contributed by atoms with Crippen molar-refractivity contribution in [2.45, 2.75) is 20.3 Å². The summed E-state index contributed by atoms with van der Waals surface area (Å²) in [4.78, 5) is 17.7. The van der Waals surface area contributed by atoms with E-state index >= 15 is 0 Å². The Morgan fingerprint density at radius 3 is 2.82 bits per heavy atom.